The molecule has 1 heterocycles. The predicted octanol–water partition coefficient (Wildman–Crippen LogP) is 4.62. The van der Waals surface area contributed by atoms with E-state index in [-0.39, 0.29) is 29.7 Å². The van der Waals surface area contributed by atoms with E-state index in [0.29, 0.717) is 17.2 Å². The van der Waals surface area contributed by atoms with Crippen molar-refractivity contribution >= 4 is 28.5 Å². The smallest absolute Gasteiger partial charge is 0.312 e. The quantitative estimate of drug-likeness (QED) is 0.378. The lowest BCUT2D eigenvalue weighted by Crippen LogP contribution is -2.46. The van der Waals surface area contributed by atoms with Crippen LogP contribution in [0, 0.1) is 21.8 Å². The summed E-state index contributed by atoms with van der Waals surface area (Å²) in [6, 6.07) is 3.56. The molecule has 9 heteroatoms. The first-order valence-electron chi connectivity index (χ1n) is 9.94. The minimum absolute atomic E-state index is 0.00668. The molecule has 0 N–H and O–H groups in total. The van der Waals surface area contributed by atoms with E-state index < -0.39 is 27.8 Å². The molecular formula is C21H27FN2O5S. The highest BCUT2D eigenvalue weighted by Crippen LogP contribution is 2.51. The average molecular weight is 439 g/mol. The summed E-state index contributed by atoms with van der Waals surface area (Å²) >= 11 is 1.47. The predicted molar refractivity (Wildman–Crippen MR) is 113 cm³/mol. The Morgan fingerprint density at radius 3 is 2.77 bits per heavy atom. The van der Waals surface area contributed by atoms with Crippen molar-refractivity contribution < 1.29 is 23.6 Å². The summed E-state index contributed by atoms with van der Waals surface area (Å²) in [6.45, 7) is 5.38. The number of carbonyl (C=O) groups is 1. The highest BCUT2D eigenvalue weighted by Gasteiger charge is 2.49. The number of rotatable bonds is 5. The number of benzene rings is 1. The summed E-state index contributed by atoms with van der Waals surface area (Å²) in [5.41, 5.74) is -1.60. The summed E-state index contributed by atoms with van der Waals surface area (Å²) < 4.78 is 26.0. The first kappa shape index (κ1) is 22.7. The molecule has 0 saturated heterocycles. The van der Waals surface area contributed by atoms with Crippen LogP contribution in [-0.4, -0.2) is 40.5 Å². The van der Waals surface area contributed by atoms with Crippen LogP contribution < -0.4 is 0 Å². The van der Waals surface area contributed by atoms with Crippen LogP contribution in [0.2, 0.25) is 0 Å². The Labute approximate surface area is 179 Å². The molecule has 1 saturated carbocycles. The standard InChI is InChI=1S/C21H27FN2O5S/c1-20(2,3)29-19(25)10-18-23-21(11-15(28-4)7-5-13(21)12-30-18)16-9-14(24(26)27)6-8-17(16)22/h6,8-9,13,15H,5,7,10-12H2,1-4H3/t13-,15+,21-/m0/s1. The summed E-state index contributed by atoms with van der Waals surface area (Å²) in [7, 11) is 1.60. The number of nitro benzene ring substituents is 1. The lowest BCUT2D eigenvalue weighted by molar-refractivity contribution is -0.385. The monoisotopic (exact) mass is 438 g/mol. The fourth-order valence-corrected chi connectivity index (χ4v) is 5.48. The molecule has 1 aromatic rings. The summed E-state index contributed by atoms with van der Waals surface area (Å²) in [5, 5.41) is 11.9. The number of fused-ring (bicyclic) bond motifs is 1. The zero-order chi connectivity index (χ0) is 22.1. The van der Waals surface area contributed by atoms with Crippen molar-refractivity contribution in [2.75, 3.05) is 12.9 Å². The molecule has 2 aliphatic rings. The number of methoxy groups -OCH3 is 1. The Morgan fingerprint density at radius 1 is 1.40 bits per heavy atom. The molecular weight excluding hydrogens is 411 g/mol. The van der Waals surface area contributed by atoms with Gasteiger partial charge in [0, 0.05) is 37.0 Å². The van der Waals surface area contributed by atoms with Gasteiger partial charge in [-0.3, -0.25) is 19.9 Å². The lowest BCUT2D eigenvalue weighted by Gasteiger charge is -2.47. The third-order valence-corrected chi connectivity index (χ3v) is 6.64. The minimum atomic E-state index is -1.00. The Morgan fingerprint density at radius 2 is 2.13 bits per heavy atom. The first-order valence-corrected chi connectivity index (χ1v) is 10.9. The molecule has 1 fully saturated rings. The maximum atomic E-state index is 15.0. The van der Waals surface area contributed by atoms with Gasteiger partial charge < -0.3 is 9.47 Å². The second-order valence-corrected chi connectivity index (χ2v) is 9.85. The van der Waals surface area contributed by atoms with Gasteiger partial charge in [-0.15, -0.1) is 11.8 Å². The van der Waals surface area contributed by atoms with Crippen molar-refractivity contribution in [2.45, 2.75) is 63.7 Å². The minimum Gasteiger partial charge on any atom is -0.460 e. The molecule has 1 aliphatic carbocycles. The van der Waals surface area contributed by atoms with Crippen LogP contribution in [0.25, 0.3) is 0 Å². The number of esters is 1. The van der Waals surface area contributed by atoms with E-state index in [1.54, 1.807) is 27.9 Å². The normalized spacial score (nSPS) is 26.5. The largest absolute Gasteiger partial charge is 0.460 e. The Bertz CT molecular complexity index is 869. The molecule has 0 spiro atoms. The summed E-state index contributed by atoms with van der Waals surface area (Å²) in [6.07, 6.45) is 1.83. The van der Waals surface area contributed by atoms with E-state index in [9.17, 15) is 19.3 Å². The number of non-ortho nitro benzene ring substituents is 1. The van der Waals surface area contributed by atoms with Crippen LogP contribution in [0.4, 0.5) is 10.1 Å². The molecule has 0 bridgehead atoms. The van der Waals surface area contributed by atoms with Crippen molar-refractivity contribution in [2.24, 2.45) is 10.9 Å². The van der Waals surface area contributed by atoms with E-state index >= 15 is 0 Å². The van der Waals surface area contributed by atoms with Crippen LogP contribution in [0.3, 0.4) is 0 Å². The number of ether oxygens (including phenoxy) is 2. The Balaban J connectivity index is 2.05. The number of halogens is 1. The van der Waals surface area contributed by atoms with Gasteiger partial charge in [-0.1, -0.05) is 0 Å². The molecule has 1 aliphatic heterocycles. The molecule has 0 amide bonds. The number of thioether (sulfide) groups is 1. The molecule has 164 valence electrons. The van der Waals surface area contributed by atoms with Crippen molar-refractivity contribution in [3.05, 3.63) is 39.7 Å². The Kier molecular flexibility index (Phi) is 6.52. The topological polar surface area (TPSA) is 91.0 Å². The van der Waals surface area contributed by atoms with Gasteiger partial charge in [0.05, 0.1) is 28.0 Å². The highest BCUT2D eigenvalue weighted by atomic mass is 32.2. The fourth-order valence-electron chi connectivity index (χ4n) is 4.19. The van der Waals surface area contributed by atoms with Gasteiger partial charge in [-0.25, -0.2) is 4.39 Å². The molecule has 30 heavy (non-hydrogen) atoms. The van der Waals surface area contributed by atoms with E-state index in [2.05, 4.69) is 0 Å². The fraction of sp³-hybridized carbons (Fsp3) is 0.619. The number of hydrogen-bond acceptors (Lipinski definition) is 7. The third-order valence-electron chi connectivity index (χ3n) is 5.50. The van der Waals surface area contributed by atoms with Crippen LogP contribution in [-0.2, 0) is 19.8 Å². The van der Waals surface area contributed by atoms with Crippen LogP contribution in [0.15, 0.2) is 23.2 Å². The van der Waals surface area contributed by atoms with Gasteiger partial charge >= 0.3 is 5.97 Å². The molecule has 7 nitrogen and oxygen atoms in total. The van der Waals surface area contributed by atoms with Gasteiger partial charge in [0.15, 0.2) is 0 Å². The van der Waals surface area contributed by atoms with Gasteiger partial charge in [0.25, 0.3) is 5.69 Å². The van der Waals surface area contributed by atoms with Crippen molar-refractivity contribution in [1.82, 2.24) is 0 Å². The Hall–Kier alpha value is -2.00. The van der Waals surface area contributed by atoms with E-state index in [1.807, 2.05) is 0 Å². The van der Waals surface area contributed by atoms with Gasteiger partial charge in [-0.2, -0.15) is 0 Å². The molecule has 1 aromatic carbocycles. The van der Waals surface area contributed by atoms with Crippen LogP contribution in [0.1, 0.15) is 52.0 Å². The first-order chi connectivity index (χ1) is 14.0. The number of carbonyl (C=O) groups excluding carboxylic acids is 1. The molecule has 3 rings (SSSR count). The maximum absolute atomic E-state index is 15.0. The molecule has 3 atom stereocenters. The summed E-state index contributed by atoms with van der Waals surface area (Å²) in [5.74, 6) is -0.288. The zero-order valence-corrected chi connectivity index (χ0v) is 18.5. The van der Waals surface area contributed by atoms with Gasteiger partial charge in [-0.05, 0) is 45.6 Å². The molecule has 0 radical (unpaired) electrons. The number of nitrogens with zero attached hydrogens (tertiary/aromatic N) is 2. The number of hydrogen-bond donors (Lipinski definition) is 0. The average Bonchev–Trinajstić information content (AvgIpc) is 2.65. The zero-order valence-electron chi connectivity index (χ0n) is 17.6. The van der Waals surface area contributed by atoms with Crippen LogP contribution in [0.5, 0.6) is 0 Å². The van der Waals surface area contributed by atoms with E-state index in [0.717, 1.165) is 25.0 Å². The second kappa shape index (κ2) is 8.63. The van der Waals surface area contributed by atoms with E-state index in [1.165, 1.54) is 17.8 Å². The molecule has 0 aromatic heterocycles. The maximum Gasteiger partial charge on any atom is 0.312 e. The SMILES string of the molecule is CO[C@@H]1CC[C@H]2CSC(CC(=O)OC(C)(C)C)=N[C@@]2(c2cc([N+](=O)[O-])ccc2F)C1. The van der Waals surface area contributed by atoms with Gasteiger partial charge in [0.1, 0.15) is 11.4 Å². The van der Waals surface area contributed by atoms with E-state index in [4.69, 9.17) is 14.5 Å². The number of aliphatic imine (C=N–C) groups is 1. The van der Waals surface area contributed by atoms with Crippen LogP contribution >= 0.6 is 11.8 Å². The molecule has 0 unspecified atom stereocenters. The second-order valence-electron chi connectivity index (χ2n) is 8.76. The highest BCUT2D eigenvalue weighted by molar-refractivity contribution is 8.14. The third kappa shape index (κ3) is 4.83. The van der Waals surface area contributed by atoms with Gasteiger partial charge in [0.2, 0.25) is 0 Å². The summed E-state index contributed by atoms with van der Waals surface area (Å²) in [4.78, 5) is 28.0. The van der Waals surface area contributed by atoms with Crippen molar-refractivity contribution in [1.29, 1.82) is 0 Å². The van der Waals surface area contributed by atoms with Crippen molar-refractivity contribution in [3.63, 3.8) is 0 Å². The van der Waals surface area contributed by atoms with Crippen molar-refractivity contribution in [3.8, 4) is 0 Å². The lowest BCUT2D eigenvalue weighted by atomic mass is 9.68. The number of nitro groups is 1.